The molecule has 0 N–H and O–H groups in total. The maximum Gasteiger partial charge on any atom is 0.322 e. The van der Waals surface area contributed by atoms with Gasteiger partial charge < -0.3 is 4.74 Å². The van der Waals surface area contributed by atoms with Crippen molar-refractivity contribution in [1.29, 1.82) is 0 Å². The summed E-state index contributed by atoms with van der Waals surface area (Å²) >= 11 is 25.5. The number of halogens is 4. The van der Waals surface area contributed by atoms with Crippen LogP contribution in [0, 0.1) is 5.92 Å². The van der Waals surface area contributed by atoms with Gasteiger partial charge in [0, 0.05) is 35.1 Å². The Morgan fingerprint density at radius 2 is 1.76 bits per heavy atom. The summed E-state index contributed by atoms with van der Waals surface area (Å²) in [6.45, 7) is 6.75. The first-order valence-corrected chi connectivity index (χ1v) is 16.7. The quantitative estimate of drug-likeness (QED) is 0.221. The van der Waals surface area contributed by atoms with E-state index in [0.717, 1.165) is 18.4 Å². The van der Waals surface area contributed by atoms with Gasteiger partial charge in [-0.1, -0.05) is 59.1 Å². The second kappa shape index (κ2) is 11.8. The maximum absolute atomic E-state index is 13.7. The fourth-order valence-corrected chi connectivity index (χ4v) is 8.73. The van der Waals surface area contributed by atoms with Crippen LogP contribution in [0.15, 0.2) is 69.5 Å². The van der Waals surface area contributed by atoms with Crippen LogP contribution in [0.5, 0.6) is 5.75 Å². The molecule has 0 aromatic heterocycles. The van der Waals surface area contributed by atoms with E-state index < -0.39 is 26.5 Å². The summed E-state index contributed by atoms with van der Waals surface area (Å²) in [6.07, 6.45) is 7.81. The zero-order valence-corrected chi connectivity index (χ0v) is 27.3. The minimum atomic E-state index is -3.93. The van der Waals surface area contributed by atoms with Crippen molar-refractivity contribution in [3.63, 3.8) is 0 Å². The fraction of sp³-hybridized carbons (Fsp3) is 0.400. The minimum Gasteiger partial charge on any atom is -0.493 e. The number of hydrogen-bond acceptors (Lipinski definition) is 5. The van der Waals surface area contributed by atoms with Crippen molar-refractivity contribution < 1.29 is 17.9 Å². The SMILES string of the molecule is CCOc1cc(Cl)c(S(=O)(=O)N2CCCC2)cc1C1=N[C@@](C)(C2C=CC(Cl)=CC2)[C@@](C)(c2ccc(Cl)cc2)N1C(=O)Cl. The van der Waals surface area contributed by atoms with E-state index in [1.165, 1.54) is 21.3 Å². The fourth-order valence-electron chi connectivity index (χ4n) is 6.16. The Labute approximate surface area is 266 Å². The standard InChI is InChI=1S/C30H31Cl4N3O4S/c1-4-41-25-18-24(33)26(42(39,40)36-15-5-6-16-36)17-23(25)27-35-29(2,19-7-11-21(31)12-8-19)30(3,37(27)28(34)38)20-9-13-22(32)14-10-20/h7,9-14,17-19H,4-6,8,15-16H2,1-3H3/t19?,29-,30+/m0/s1. The molecule has 1 aliphatic carbocycles. The van der Waals surface area contributed by atoms with Crippen molar-refractivity contribution in [2.24, 2.45) is 10.9 Å². The van der Waals surface area contributed by atoms with Gasteiger partial charge in [-0.3, -0.25) is 14.7 Å². The number of benzene rings is 2. The van der Waals surface area contributed by atoms with E-state index in [4.69, 9.17) is 56.1 Å². The highest BCUT2D eigenvalue weighted by Crippen LogP contribution is 2.54. The Morgan fingerprint density at radius 3 is 2.33 bits per heavy atom. The predicted molar refractivity (Wildman–Crippen MR) is 169 cm³/mol. The Hall–Kier alpha value is -2.07. The van der Waals surface area contributed by atoms with E-state index >= 15 is 0 Å². The van der Waals surface area contributed by atoms with Gasteiger partial charge in [0.15, 0.2) is 0 Å². The van der Waals surface area contributed by atoms with Crippen molar-refractivity contribution in [1.82, 2.24) is 9.21 Å². The number of sulfonamides is 1. The first kappa shape index (κ1) is 31.4. The molecule has 7 nitrogen and oxygen atoms in total. The average Bonchev–Trinajstić information content (AvgIpc) is 3.57. The number of amides is 1. The van der Waals surface area contributed by atoms with Crippen LogP contribution in [-0.2, 0) is 15.6 Å². The number of carbonyl (C=O) groups excluding carboxylic acids is 1. The van der Waals surface area contributed by atoms with E-state index in [9.17, 15) is 13.2 Å². The lowest BCUT2D eigenvalue weighted by molar-refractivity contribution is 0.121. The highest BCUT2D eigenvalue weighted by Gasteiger charge is 2.61. The number of nitrogens with zero attached hydrogens (tertiary/aromatic N) is 3. The van der Waals surface area contributed by atoms with Crippen LogP contribution in [0.1, 0.15) is 51.2 Å². The van der Waals surface area contributed by atoms with E-state index in [1.807, 2.05) is 44.2 Å². The number of aliphatic imine (C=N–C) groups is 1. The van der Waals surface area contributed by atoms with Crippen LogP contribution >= 0.6 is 46.4 Å². The number of hydrogen-bond donors (Lipinski definition) is 0. The Balaban J connectivity index is 1.78. The van der Waals surface area contributed by atoms with E-state index in [-0.39, 0.29) is 34.0 Å². The summed E-state index contributed by atoms with van der Waals surface area (Å²) in [4.78, 5) is 20.1. The Kier molecular flexibility index (Phi) is 8.80. The highest BCUT2D eigenvalue weighted by molar-refractivity contribution is 7.89. The van der Waals surface area contributed by atoms with E-state index in [1.54, 1.807) is 19.1 Å². The summed E-state index contributed by atoms with van der Waals surface area (Å²) in [5.74, 6) is 0.267. The molecule has 0 radical (unpaired) electrons. The van der Waals surface area contributed by atoms with Crippen LogP contribution in [-0.4, -0.2) is 54.1 Å². The van der Waals surface area contributed by atoms with Gasteiger partial charge in [0.05, 0.1) is 28.3 Å². The van der Waals surface area contributed by atoms with Crippen LogP contribution in [0.3, 0.4) is 0 Å². The van der Waals surface area contributed by atoms with Crippen molar-refractivity contribution in [3.05, 3.63) is 80.8 Å². The first-order chi connectivity index (χ1) is 19.8. The molecule has 2 aromatic carbocycles. The topological polar surface area (TPSA) is 79.3 Å². The lowest BCUT2D eigenvalue weighted by Crippen LogP contribution is -2.57. The van der Waals surface area contributed by atoms with Crippen LogP contribution < -0.4 is 4.74 Å². The Bertz CT molecular complexity index is 1600. The molecule has 1 saturated heterocycles. The molecule has 1 amide bonds. The summed E-state index contributed by atoms with van der Waals surface area (Å²) in [5, 5.41) is 0.384. The summed E-state index contributed by atoms with van der Waals surface area (Å²) in [7, 11) is -3.93. The molecule has 0 saturated carbocycles. The molecule has 2 aromatic rings. The zero-order chi connectivity index (χ0) is 30.4. The second-order valence-electron chi connectivity index (χ2n) is 10.9. The molecule has 0 spiro atoms. The van der Waals surface area contributed by atoms with Crippen molar-refractivity contribution in [2.75, 3.05) is 19.7 Å². The van der Waals surface area contributed by atoms with Gasteiger partial charge in [0.2, 0.25) is 10.0 Å². The molecule has 1 fully saturated rings. The third kappa shape index (κ3) is 5.18. The molecule has 12 heteroatoms. The molecule has 3 aliphatic rings. The lowest BCUT2D eigenvalue weighted by Gasteiger charge is -2.47. The van der Waals surface area contributed by atoms with Crippen LogP contribution in [0.4, 0.5) is 4.79 Å². The number of rotatable bonds is 7. The summed E-state index contributed by atoms with van der Waals surface area (Å²) in [6, 6.07) is 10.1. The number of carbonyl (C=O) groups is 1. The maximum atomic E-state index is 13.7. The zero-order valence-electron chi connectivity index (χ0n) is 23.4. The third-order valence-electron chi connectivity index (χ3n) is 8.60. The van der Waals surface area contributed by atoms with Gasteiger partial charge in [-0.2, -0.15) is 4.31 Å². The third-order valence-corrected chi connectivity index (χ3v) is 11.7. The number of ether oxygens (including phenoxy) is 1. The highest BCUT2D eigenvalue weighted by atomic mass is 35.5. The number of amidine groups is 1. The van der Waals surface area contributed by atoms with Gasteiger partial charge in [-0.15, -0.1) is 0 Å². The molecule has 3 atom stereocenters. The largest absolute Gasteiger partial charge is 0.493 e. The van der Waals surface area contributed by atoms with Crippen molar-refractivity contribution in [3.8, 4) is 5.75 Å². The lowest BCUT2D eigenvalue weighted by atomic mass is 9.66. The van der Waals surface area contributed by atoms with Gasteiger partial charge in [-0.25, -0.2) is 8.42 Å². The summed E-state index contributed by atoms with van der Waals surface area (Å²) < 4.78 is 34.8. The molecule has 0 bridgehead atoms. The van der Waals surface area contributed by atoms with Crippen molar-refractivity contribution in [2.45, 2.75) is 56.0 Å². The smallest absolute Gasteiger partial charge is 0.322 e. The molecule has 5 rings (SSSR count). The minimum absolute atomic E-state index is 0.0228. The van der Waals surface area contributed by atoms with Crippen LogP contribution in [0.2, 0.25) is 10.0 Å². The van der Waals surface area contributed by atoms with Gasteiger partial charge in [-0.05, 0) is 81.5 Å². The first-order valence-electron chi connectivity index (χ1n) is 13.7. The van der Waals surface area contributed by atoms with Gasteiger partial charge in [0.25, 0.3) is 0 Å². The molecular weight excluding hydrogens is 640 g/mol. The summed E-state index contributed by atoms with van der Waals surface area (Å²) in [5.41, 5.74) is -1.07. The normalized spacial score (nSPS) is 26.4. The number of allylic oxidation sites excluding steroid dienone is 3. The van der Waals surface area contributed by atoms with Gasteiger partial charge >= 0.3 is 5.37 Å². The molecule has 224 valence electrons. The average molecular weight is 671 g/mol. The molecule has 42 heavy (non-hydrogen) atoms. The van der Waals surface area contributed by atoms with E-state index in [2.05, 4.69) is 0 Å². The molecule has 1 unspecified atom stereocenters. The van der Waals surface area contributed by atoms with Gasteiger partial charge in [0.1, 0.15) is 16.5 Å². The molecular formula is C30H31Cl4N3O4S. The molecule has 2 heterocycles. The van der Waals surface area contributed by atoms with E-state index in [0.29, 0.717) is 35.1 Å². The monoisotopic (exact) mass is 669 g/mol. The molecule has 2 aliphatic heterocycles. The van der Waals surface area contributed by atoms with Crippen molar-refractivity contribution >= 4 is 67.6 Å². The second-order valence-corrected chi connectivity index (χ2v) is 14.4. The predicted octanol–water partition coefficient (Wildman–Crippen LogP) is 7.97. The van der Waals surface area contributed by atoms with Crippen LogP contribution in [0.25, 0.3) is 0 Å². The Morgan fingerprint density at radius 1 is 1.10 bits per heavy atom.